The first-order chi connectivity index (χ1) is 6.32. The summed E-state index contributed by atoms with van der Waals surface area (Å²) >= 11 is 0. The van der Waals surface area contributed by atoms with Crippen LogP contribution in [0.3, 0.4) is 0 Å². The molecule has 1 rings (SSSR count). The highest BCUT2D eigenvalue weighted by Crippen LogP contribution is 2.21. The van der Waals surface area contributed by atoms with Crippen LogP contribution in [0.15, 0.2) is 0 Å². The lowest BCUT2D eigenvalue weighted by molar-refractivity contribution is -0.131. The largest absolute Gasteiger partial charge is 0.353 e. The van der Waals surface area contributed by atoms with Crippen molar-refractivity contribution in [3.05, 3.63) is 0 Å². The van der Waals surface area contributed by atoms with Gasteiger partial charge >= 0.3 is 0 Å². The second-order valence-corrected chi connectivity index (χ2v) is 5.97. The maximum atomic E-state index is 11.7. The van der Waals surface area contributed by atoms with Crippen LogP contribution >= 0.6 is 0 Å². The molecular formula is C8H16N2O3S. The lowest BCUT2D eigenvalue weighted by Crippen LogP contribution is -2.63. The minimum atomic E-state index is -3.29. The summed E-state index contributed by atoms with van der Waals surface area (Å²) in [6.07, 6.45) is 0. The fourth-order valence-electron chi connectivity index (χ4n) is 1.52. The minimum Gasteiger partial charge on any atom is -0.353 e. The average Bonchev–Trinajstić information content (AvgIpc) is 2.09. The van der Waals surface area contributed by atoms with Crippen molar-refractivity contribution in [2.75, 3.05) is 18.8 Å². The number of hydrogen-bond donors (Lipinski definition) is 1. The van der Waals surface area contributed by atoms with Gasteiger partial charge in [-0.2, -0.15) is 4.31 Å². The Morgan fingerprint density at radius 2 is 2.07 bits per heavy atom. The second-order valence-electron chi connectivity index (χ2n) is 3.79. The van der Waals surface area contributed by atoms with E-state index in [-0.39, 0.29) is 11.7 Å². The number of hydrogen-bond acceptors (Lipinski definition) is 3. The van der Waals surface area contributed by atoms with Crippen molar-refractivity contribution in [2.45, 2.75) is 26.3 Å². The van der Waals surface area contributed by atoms with E-state index in [4.69, 9.17) is 0 Å². The Bertz CT molecular complexity index is 334. The molecule has 82 valence electrons. The van der Waals surface area contributed by atoms with Crippen LogP contribution in [0.1, 0.15) is 20.8 Å². The van der Waals surface area contributed by atoms with Gasteiger partial charge < -0.3 is 5.32 Å². The van der Waals surface area contributed by atoms with Gasteiger partial charge in [0.25, 0.3) is 0 Å². The van der Waals surface area contributed by atoms with Gasteiger partial charge in [0.15, 0.2) is 0 Å². The summed E-state index contributed by atoms with van der Waals surface area (Å²) in [5.41, 5.74) is -0.965. The second kappa shape index (κ2) is 3.51. The first kappa shape index (κ1) is 11.5. The fraction of sp³-hybridized carbons (Fsp3) is 0.875. The quantitative estimate of drug-likeness (QED) is 0.685. The molecule has 6 heteroatoms. The monoisotopic (exact) mass is 220 g/mol. The Balaban J connectivity index is 3.05. The summed E-state index contributed by atoms with van der Waals surface area (Å²) in [4.78, 5) is 11.5. The summed E-state index contributed by atoms with van der Waals surface area (Å²) < 4.78 is 24.6. The highest BCUT2D eigenvalue weighted by atomic mass is 32.2. The molecule has 0 saturated carbocycles. The number of nitrogens with zero attached hydrogens (tertiary/aromatic N) is 1. The topological polar surface area (TPSA) is 66.5 Å². The zero-order chi connectivity index (χ0) is 11.0. The molecule has 1 saturated heterocycles. The summed E-state index contributed by atoms with van der Waals surface area (Å²) in [7, 11) is -3.29. The number of nitrogens with one attached hydrogen (secondary N) is 1. The molecular weight excluding hydrogens is 204 g/mol. The van der Waals surface area contributed by atoms with E-state index in [0.29, 0.717) is 13.1 Å². The van der Waals surface area contributed by atoms with Gasteiger partial charge in [0.2, 0.25) is 15.9 Å². The van der Waals surface area contributed by atoms with Crippen LogP contribution < -0.4 is 5.32 Å². The molecule has 1 fully saturated rings. The maximum Gasteiger partial charge on any atom is 0.241 e. The zero-order valence-corrected chi connectivity index (χ0v) is 9.52. The summed E-state index contributed by atoms with van der Waals surface area (Å²) in [5, 5.41) is 2.65. The Morgan fingerprint density at radius 3 is 2.57 bits per heavy atom. The number of sulfonamides is 1. The van der Waals surface area contributed by atoms with Gasteiger partial charge in [-0.15, -0.1) is 0 Å². The molecule has 0 spiro atoms. The lowest BCUT2D eigenvalue weighted by Gasteiger charge is -2.39. The SMILES string of the molecule is CCS(=O)(=O)N1CCNC(=O)C1(C)C. The van der Waals surface area contributed by atoms with Crippen molar-refractivity contribution in [3.63, 3.8) is 0 Å². The molecule has 1 aliphatic heterocycles. The summed E-state index contributed by atoms with van der Waals surface area (Å²) in [6, 6.07) is 0. The lowest BCUT2D eigenvalue weighted by atomic mass is 10.0. The Labute approximate surface area is 84.5 Å². The van der Waals surface area contributed by atoms with Crippen LogP contribution in [0.4, 0.5) is 0 Å². The van der Waals surface area contributed by atoms with Gasteiger partial charge in [0.05, 0.1) is 5.75 Å². The number of carbonyl (C=O) groups is 1. The van der Waals surface area contributed by atoms with Crippen molar-refractivity contribution in [1.82, 2.24) is 9.62 Å². The van der Waals surface area contributed by atoms with Gasteiger partial charge in [-0.25, -0.2) is 8.42 Å². The number of piperazine rings is 1. The minimum absolute atomic E-state index is 0.0315. The van der Waals surface area contributed by atoms with E-state index < -0.39 is 15.6 Å². The maximum absolute atomic E-state index is 11.7. The van der Waals surface area contributed by atoms with Crippen molar-refractivity contribution in [2.24, 2.45) is 0 Å². The molecule has 0 aromatic carbocycles. The van der Waals surface area contributed by atoms with E-state index in [1.54, 1.807) is 20.8 Å². The van der Waals surface area contributed by atoms with Crippen LogP contribution in [-0.4, -0.2) is 43.0 Å². The van der Waals surface area contributed by atoms with Gasteiger partial charge in [0.1, 0.15) is 5.54 Å². The molecule has 14 heavy (non-hydrogen) atoms. The van der Waals surface area contributed by atoms with Crippen molar-refractivity contribution in [1.29, 1.82) is 0 Å². The van der Waals surface area contributed by atoms with E-state index in [0.717, 1.165) is 0 Å². The third kappa shape index (κ3) is 1.76. The van der Waals surface area contributed by atoms with E-state index in [1.807, 2.05) is 0 Å². The zero-order valence-electron chi connectivity index (χ0n) is 8.70. The number of rotatable bonds is 2. The van der Waals surface area contributed by atoms with Gasteiger partial charge in [-0.3, -0.25) is 4.79 Å². The third-order valence-electron chi connectivity index (χ3n) is 2.48. The molecule has 0 aromatic rings. The molecule has 0 aromatic heterocycles. The Hall–Kier alpha value is -0.620. The van der Waals surface area contributed by atoms with Gasteiger partial charge in [-0.1, -0.05) is 0 Å². The van der Waals surface area contributed by atoms with Crippen LogP contribution in [0.5, 0.6) is 0 Å². The average molecular weight is 220 g/mol. The molecule has 1 heterocycles. The highest BCUT2D eigenvalue weighted by Gasteiger charge is 2.43. The van der Waals surface area contributed by atoms with Crippen LogP contribution in [0, 0.1) is 0 Å². The normalized spacial score (nSPS) is 23.2. The smallest absolute Gasteiger partial charge is 0.241 e. The molecule has 1 N–H and O–H groups in total. The van der Waals surface area contributed by atoms with Crippen LogP contribution in [0.2, 0.25) is 0 Å². The van der Waals surface area contributed by atoms with Gasteiger partial charge in [-0.05, 0) is 20.8 Å². The van der Waals surface area contributed by atoms with E-state index >= 15 is 0 Å². The fourth-order valence-corrected chi connectivity index (χ4v) is 2.98. The molecule has 5 nitrogen and oxygen atoms in total. The standard InChI is InChI=1S/C8H16N2O3S/c1-4-14(12,13)10-6-5-9-7(11)8(10,2)3/h4-6H2,1-3H3,(H,9,11). The predicted molar refractivity (Wildman–Crippen MR) is 53.3 cm³/mol. The van der Waals surface area contributed by atoms with Crippen molar-refractivity contribution in [3.8, 4) is 0 Å². The summed E-state index contributed by atoms with van der Waals surface area (Å²) in [5.74, 6) is -0.204. The first-order valence-corrected chi connectivity index (χ1v) is 6.22. The van der Waals surface area contributed by atoms with Crippen LogP contribution in [-0.2, 0) is 14.8 Å². The first-order valence-electron chi connectivity index (χ1n) is 4.61. The van der Waals surface area contributed by atoms with E-state index in [1.165, 1.54) is 4.31 Å². The van der Waals surface area contributed by atoms with Crippen molar-refractivity contribution < 1.29 is 13.2 Å². The molecule has 0 aliphatic carbocycles. The molecule has 1 aliphatic rings. The molecule has 0 bridgehead atoms. The molecule has 0 atom stereocenters. The molecule has 0 radical (unpaired) electrons. The Morgan fingerprint density at radius 1 is 1.50 bits per heavy atom. The van der Waals surface area contributed by atoms with Crippen molar-refractivity contribution >= 4 is 15.9 Å². The molecule has 0 unspecified atom stereocenters. The third-order valence-corrected chi connectivity index (χ3v) is 4.52. The Kier molecular flexibility index (Phi) is 2.87. The highest BCUT2D eigenvalue weighted by molar-refractivity contribution is 7.89. The van der Waals surface area contributed by atoms with E-state index in [2.05, 4.69) is 5.32 Å². The van der Waals surface area contributed by atoms with Crippen LogP contribution in [0.25, 0.3) is 0 Å². The van der Waals surface area contributed by atoms with E-state index in [9.17, 15) is 13.2 Å². The number of amides is 1. The predicted octanol–water partition coefficient (Wildman–Crippen LogP) is -0.453. The summed E-state index contributed by atoms with van der Waals surface area (Å²) in [6.45, 7) is 5.57. The molecule has 1 amide bonds. The van der Waals surface area contributed by atoms with Gasteiger partial charge in [0, 0.05) is 13.1 Å². The number of carbonyl (C=O) groups excluding carboxylic acids is 1.